The molecule has 2 N–H and O–H groups in total. The van der Waals surface area contributed by atoms with Gasteiger partial charge >= 0.3 is 0 Å². The third-order valence-corrected chi connectivity index (χ3v) is 3.16. The first-order valence-corrected chi connectivity index (χ1v) is 5.98. The van der Waals surface area contributed by atoms with Gasteiger partial charge in [-0.15, -0.1) is 0 Å². The highest BCUT2D eigenvalue weighted by atomic mass is 16.3. The summed E-state index contributed by atoms with van der Waals surface area (Å²) in [7, 11) is 0. The Kier molecular flexibility index (Phi) is 3.18. The molecule has 1 heterocycles. The van der Waals surface area contributed by atoms with Gasteiger partial charge in [-0.1, -0.05) is 13.3 Å². The van der Waals surface area contributed by atoms with E-state index in [2.05, 4.69) is 11.9 Å². The van der Waals surface area contributed by atoms with Crippen molar-refractivity contribution >= 4 is 10.9 Å². The van der Waals surface area contributed by atoms with E-state index in [4.69, 9.17) is 0 Å². The molecule has 0 aliphatic rings. The molecule has 2 rings (SSSR count). The fraction of sp³-hybridized carbons (Fsp3) is 0.357. The van der Waals surface area contributed by atoms with Gasteiger partial charge in [0, 0.05) is 17.0 Å². The Morgan fingerprint density at radius 3 is 2.82 bits per heavy atom. The van der Waals surface area contributed by atoms with Crippen LogP contribution in [0, 0.1) is 6.92 Å². The number of pyridine rings is 1. The van der Waals surface area contributed by atoms with Crippen LogP contribution < -0.4 is 5.56 Å². The van der Waals surface area contributed by atoms with Gasteiger partial charge in [-0.2, -0.15) is 0 Å². The second kappa shape index (κ2) is 4.62. The van der Waals surface area contributed by atoms with E-state index in [1.54, 1.807) is 12.1 Å². The summed E-state index contributed by atoms with van der Waals surface area (Å²) in [5.74, 6) is 0.175. The molecular formula is C14H17NO2. The number of hydrogen-bond donors (Lipinski definition) is 2. The lowest BCUT2D eigenvalue weighted by atomic mass is 10.0. The minimum Gasteiger partial charge on any atom is -0.508 e. The number of H-pyrrole nitrogens is 1. The van der Waals surface area contributed by atoms with Crippen molar-refractivity contribution in [2.24, 2.45) is 0 Å². The lowest BCUT2D eigenvalue weighted by molar-refractivity contribution is 0.476. The van der Waals surface area contributed by atoms with E-state index in [1.807, 2.05) is 13.0 Å². The first kappa shape index (κ1) is 11.7. The molecule has 0 amide bonds. The van der Waals surface area contributed by atoms with Crippen LogP contribution in [-0.4, -0.2) is 10.1 Å². The SMILES string of the molecule is CCCCc1c(C)c2ccc(O)cc2[nH]c1=O. The van der Waals surface area contributed by atoms with Gasteiger partial charge in [0.25, 0.3) is 5.56 Å². The van der Waals surface area contributed by atoms with Crippen molar-refractivity contribution in [3.8, 4) is 5.75 Å². The van der Waals surface area contributed by atoms with Crippen molar-refractivity contribution in [3.05, 3.63) is 39.7 Å². The molecule has 3 heteroatoms. The average molecular weight is 231 g/mol. The van der Waals surface area contributed by atoms with Crippen molar-refractivity contribution in [1.29, 1.82) is 0 Å². The molecule has 0 aliphatic heterocycles. The highest BCUT2D eigenvalue weighted by Crippen LogP contribution is 2.22. The van der Waals surface area contributed by atoms with Crippen molar-refractivity contribution < 1.29 is 5.11 Å². The van der Waals surface area contributed by atoms with Crippen molar-refractivity contribution in [2.75, 3.05) is 0 Å². The number of fused-ring (bicyclic) bond motifs is 1. The van der Waals surface area contributed by atoms with Gasteiger partial charge in [0.15, 0.2) is 0 Å². The van der Waals surface area contributed by atoms with E-state index in [9.17, 15) is 9.90 Å². The van der Waals surface area contributed by atoms with Gasteiger partial charge in [-0.25, -0.2) is 0 Å². The molecule has 17 heavy (non-hydrogen) atoms. The molecule has 1 aromatic carbocycles. The zero-order valence-corrected chi connectivity index (χ0v) is 10.2. The van der Waals surface area contributed by atoms with Crippen LogP contribution in [0.1, 0.15) is 30.9 Å². The smallest absolute Gasteiger partial charge is 0.251 e. The second-order valence-corrected chi connectivity index (χ2v) is 4.39. The zero-order valence-electron chi connectivity index (χ0n) is 10.2. The van der Waals surface area contributed by atoms with Gasteiger partial charge in [0.1, 0.15) is 5.75 Å². The van der Waals surface area contributed by atoms with Crippen LogP contribution in [0.15, 0.2) is 23.0 Å². The van der Waals surface area contributed by atoms with Gasteiger partial charge in [0.2, 0.25) is 0 Å². The van der Waals surface area contributed by atoms with E-state index in [-0.39, 0.29) is 11.3 Å². The summed E-state index contributed by atoms with van der Waals surface area (Å²) in [6, 6.07) is 5.09. The zero-order chi connectivity index (χ0) is 12.4. The number of rotatable bonds is 3. The largest absolute Gasteiger partial charge is 0.508 e. The Bertz CT molecular complexity index is 599. The minimum absolute atomic E-state index is 0.0333. The molecule has 0 saturated heterocycles. The van der Waals surface area contributed by atoms with Crippen LogP contribution in [-0.2, 0) is 6.42 Å². The van der Waals surface area contributed by atoms with Crippen molar-refractivity contribution in [1.82, 2.24) is 4.98 Å². The van der Waals surface area contributed by atoms with Crippen LogP contribution in [0.3, 0.4) is 0 Å². The molecule has 0 aliphatic carbocycles. The van der Waals surface area contributed by atoms with Gasteiger partial charge in [0.05, 0.1) is 5.52 Å². The maximum absolute atomic E-state index is 11.9. The number of benzene rings is 1. The Morgan fingerprint density at radius 2 is 2.12 bits per heavy atom. The minimum atomic E-state index is -0.0333. The fourth-order valence-corrected chi connectivity index (χ4v) is 2.15. The molecule has 0 atom stereocenters. The monoisotopic (exact) mass is 231 g/mol. The predicted molar refractivity (Wildman–Crippen MR) is 69.6 cm³/mol. The number of hydrogen-bond acceptors (Lipinski definition) is 2. The van der Waals surface area contributed by atoms with E-state index in [1.165, 1.54) is 0 Å². The predicted octanol–water partition coefficient (Wildman–Crippen LogP) is 2.88. The Labute approximate surface area is 100 Å². The Balaban J connectivity index is 2.63. The highest BCUT2D eigenvalue weighted by Gasteiger charge is 2.08. The van der Waals surface area contributed by atoms with Gasteiger partial charge in [-0.3, -0.25) is 4.79 Å². The topological polar surface area (TPSA) is 53.1 Å². The number of aromatic hydroxyl groups is 1. The number of aromatic amines is 1. The number of nitrogens with one attached hydrogen (secondary N) is 1. The summed E-state index contributed by atoms with van der Waals surface area (Å²) in [6.45, 7) is 4.09. The fourth-order valence-electron chi connectivity index (χ4n) is 2.15. The third-order valence-electron chi connectivity index (χ3n) is 3.16. The van der Waals surface area contributed by atoms with E-state index in [0.717, 1.165) is 35.8 Å². The molecule has 0 fully saturated rings. The Hall–Kier alpha value is -1.77. The van der Waals surface area contributed by atoms with Crippen LogP contribution in [0.4, 0.5) is 0 Å². The highest BCUT2D eigenvalue weighted by molar-refractivity contribution is 5.83. The second-order valence-electron chi connectivity index (χ2n) is 4.39. The maximum Gasteiger partial charge on any atom is 0.251 e. The molecular weight excluding hydrogens is 214 g/mol. The summed E-state index contributed by atoms with van der Waals surface area (Å²) in [5, 5.41) is 10.4. The lowest BCUT2D eigenvalue weighted by Gasteiger charge is -2.08. The van der Waals surface area contributed by atoms with Crippen LogP contribution >= 0.6 is 0 Å². The molecule has 0 bridgehead atoms. The molecule has 0 unspecified atom stereocenters. The van der Waals surface area contributed by atoms with E-state index < -0.39 is 0 Å². The number of aromatic nitrogens is 1. The number of aryl methyl sites for hydroxylation is 1. The molecule has 0 radical (unpaired) electrons. The van der Waals surface area contributed by atoms with Crippen LogP contribution in [0.25, 0.3) is 10.9 Å². The molecule has 1 aromatic heterocycles. The van der Waals surface area contributed by atoms with Crippen molar-refractivity contribution in [2.45, 2.75) is 33.1 Å². The van der Waals surface area contributed by atoms with Gasteiger partial charge in [-0.05, 0) is 37.5 Å². The Morgan fingerprint density at radius 1 is 1.35 bits per heavy atom. The first-order valence-electron chi connectivity index (χ1n) is 5.98. The summed E-state index contributed by atoms with van der Waals surface area (Å²) in [5.41, 5.74) is 2.56. The maximum atomic E-state index is 11.9. The average Bonchev–Trinajstić information content (AvgIpc) is 2.28. The molecule has 0 spiro atoms. The number of phenolic OH excluding ortho intramolecular Hbond substituents is 1. The number of unbranched alkanes of at least 4 members (excludes halogenated alkanes) is 1. The van der Waals surface area contributed by atoms with Crippen LogP contribution in [0.2, 0.25) is 0 Å². The molecule has 3 nitrogen and oxygen atoms in total. The summed E-state index contributed by atoms with van der Waals surface area (Å²) in [4.78, 5) is 14.8. The molecule has 0 saturated carbocycles. The summed E-state index contributed by atoms with van der Waals surface area (Å²) < 4.78 is 0. The van der Waals surface area contributed by atoms with Gasteiger partial charge < -0.3 is 10.1 Å². The van der Waals surface area contributed by atoms with E-state index >= 15 is 0 Å². The quantitative estimate of drug-likeness (QED) is 0.853. The third kappa shape index (κ3) is 2.18. The number of phenols is 1. The molecule has 2 aromatic rings. The lowest BCUT2D eigenvalue weighted by Crippen LogP contribution is -2.14. The molecule has 90 valence electrons. The standard InChI is InChI=1S/C14H17NO2/c1-3-4-5-12-9(2)11-7-6-10(16)8-13(11)15-14(12)17/h6-8,16H,3-5H2,1-2H3,(H,15,17). The van der Waals surface area contributed by atoms with E-state index in [0.29, 0.717) is 5.52 Å². The first-order chi connectivity index (χ1) is 8.13. The summed E-state index contributed by atoms with van der Waals surface area (Å²) in [6.07, 6.45) is 2.91. The summed E-state index contributed by atoms with van der Waals surface area (Å²) >= 11 is 0. The van der Waals surface area contributed by atoms with Crippen LogP contribution in [0.5, 0.6) is 5.75 Å². The normalized spacial score (nSPS) is 10.9. The van der Waals surface area contributed by atoms with Crippen molar-refractivity contribution in [3.63, 3.8) is 0 Å².